The number of aromatic hydroxyl groups is 1. The van der Waals surface area contributed by atoms with E-state index in [1.807, 2.05) is 30.3 Å². The number of hydrogen-bond donors (Lipinski definition) is 2. The van der Waals surface area contributed by atoms with E-state index in [4.69, 9.17) is 12.2 Å². The van der Waals surface area contributed by atoms with Crippen molar-refractivity contribution in [1.29, 1.82) is 0 Å². The van der Waals surface area contributed by atoms with Gasteiger partial charge in [-0.25, -0.2) is 0 Å². The van der Waals surface area contributed by atoms with Crippen molar-refractivity contribution in [2.24, 2.45) is 0 Å². The van der Waals surface area contributed by atoms with E-state index in [2.05, 4.69) is 59.0 Å². The second-order valence-corrected chi connectivity index (χ2v) is 8.42. The van der Waals surface area contributed by atoms with Crippen molar-refractivity contribution in [1.82, 2.24) is 14.9 Å². The Bertz CT molecular complexity index is 976. The normalized spacial score (nSPS) is 19.7. The largest absolute Gasteiger partial charge is 0.508 e. The Hall–Kier alpha value is -2.86. The molecule has 1 aliphatic rings. The molecule has 0 radical (unpaired) electrons. The number of nitrogens with one attached hydrogen (secondary N) is 1. The van der Waals surface area contributed by atoms with E-state index in [0.29, 0.717) is 5.11 Å². The second-order valence-electron chi connectivity index (χ2n) is 8.04. The van der Waals surface area contributed by atoms with Crippen molar-refractivity contribution in [2.45, 2.75) is 38.4 Å². The quantitative estimate of drug-likeness (QED) is 0.642. The molecule has 0 amide bonds. The summed E-state index contributed by atoms with van der Waals surface area (Å²) in [6, 6.07) is 15.1. The zero-order valence-electron chi connectivity index (χ0n) is 16.2. The number of aromatic nitrogens is 2. The maximum Gasteiger partial charge on any atom is 0.174 e. The number of nitrogens with zero attached hydrogens (tertiary/aromatic N) is 3. The van der Waals surface area contributed by atoms with Crippen LogP contribution in [0, 0.1) is 0 Å². The van der Waals surface area contributed by atoms with Crippen LogP contribution in [0.25, 0.3) is 0 Å². The third kappa shape index (κ3) is 3.36. The van der Waals surface area contributed by atoms with Gasteiger partial charge in [0.05, 0.1) is 17.8 Å². The van der Waals surface area contributed by atoms with Crippen LogP contribution in [0.1, 0.15) is 44.1 Å². The molecule has 2 N–H and O–H groups in total. The summed E-state index contributed by atoms with van der Waals surface area (Å²) < 4.78 is 2.22. The van der Waals surface area contributed by atoms with Crippen LogP contribution in [0.5, 0.6) is 5.75 Å². The van der Waals surface area contributed by atoms with E-state index in [9.17, 15) is 5.11 Å². The molecule has 1 aliphatic heterocycles. The summed E-state index contributed by atoms with van der Waals surface area (Å²) in [7, 11) is 0. The van der Waals surface area contributed by atoms with Gasteiger partial charge in [-0.2, -0.15) is 0 Å². The van der Waals surface area contributed by atoms with Gasteiger partial charge in [-0.15, -0.1) is 0 Å². The third-order valence-electron chi connectivity index (χ3n) is 5.06. The number of hydrogen-bond acceptors (Lipinski definition) is 3. The van der Waals surface area contributed by atoms with Gasteiger partial charge in [-0.3, -0.25) is 4.98 Å². The van der Waals surface area contributed by atoms with Crippen LogP contribution >= 0.6 is 12.2 Å². The van der Waals surface area contributed by atoms with Crippen LogP contribution in [0.2, 0.25) is 0 Å². The summed E-state index contributed by atoms with van der Waals surface area (Å²) in [6.07, 6.45) is 6.10. The average Bonchev–Trinajstić information content (AvgIpc) is 3.28. The molecule has 1 aromatic carbocycles. The summed E-state index contributed by atoms with van der Waals surface area (Å²) in [5.41, 5.74) is 3.03. The molecule has 144 valence electrons. The summed E-state index contributed by atoms with van der Waals surface area (Å²) in [6.45, 7) is 6.55. The Labute approximate surface area is 170 Å². The first-order valence-corrected chi connectivity index (χ1v) is 9.73. The van der Waals surface area contributed by atoms with Crippen molar-refractivity contribution in [3.8, 4) is 5.75 Å². The van der Waals surface area contributed by atoms with Gasteiger partial charge in [-0.1, -0.05) is 6.07 Å². The van der Waals surface area contributed by atoms with Crippen molar-refractivity contribution >= 4 is 23.0 Å². The Morgan fingerprint density at radius 2 is 1.82 bits per heavy atom. The fraction of sp³-hybridized carbons (Fsp3) is 0.273. The van der Waals surface area contributed by atoms with Gasteiger partial charge < -0.3 is 19.9 Å². The number of phenolic OH excluding ortho intramolecular Hbond substituents is 1. The molecule has 1 saturated heterocycles. The lowest BCUT2D eigenvalue weighted by atomic mass is 9.98. The van der Waals surface area contributed by atoms with Crippen LogP contribution in [0.3, 0.4) is 0 Å². The molecule has 2 atom stereocenters. The molecule has 4 rings (SSSR count). The predicted octanol–water partition coefficient (Wildman–Crippen LogP) is 4.52. The van der Waals surface area contributed by atoms with E-state index in [-0.39, 0.29) is 23.4 Å². The van der Waals surface area contributed by atoms with Crippen molar-refractivity contribution < 1.29 is 5.11 Å². The highest BCUT2D eigenvalue weighted by Crippen LogP contribution is 2.42. The molecule has 5 nitrogen and oxygen atoms in total. The summed E-state index contributed by atoms with van der Waals surface area (Å²) >= 11 is 5.71. The maximum absolute atomic E-state index is 9.69. The van der Waals surface area contributed by atoms with Gasteiger partial charge in [0, 0.05) is 29.8 Å². The Morgan fingerprint density at radius 1 is 1.07 bits per heavy atom. The van der Waals surface area contributed by atoms with Crippen LogP contribution in [-0.2, 0) is 5.54 Å². The van der Waals surface area contributed by atoms with Gasteiger partial charge in [0.2, 0.25) is 0 Å². The van der Waals surface area contributed by atoms with Crippen molar-refractivity contribution in [3.63, 3.8) is 0 Å². The maximum atomic E-state index is 9.69. The molecule has 3 aromatic rings. The van der Waals surface area contributed by atoms with E-state index in [1.54, 1.807) is 18.3 Å². The molecule has 0 bridgehead atoms. The molecule has 28 heavy (non-hydrogen) atoms. The predicted molar refractivity (Wildman–Crippen MR) is 115 cm³/mol. The minimum Gasteiger partial charge on any atom is -0.508 e. The lowest BCUT2D eigenvalue weighted by molar-refractivity contribution is 0.397. The molecule has 2 unspecified atom stereocenters. The first-order chi connectivity index (χ1) is 13.3. The summed E-state index contributed by atoms with van der Waals surface area (Å²) in [5, 5.41) is 13.8. The van der Waals surface area contributed by atoms with E-state index < -0.39 is 0 Å². The number of anilines is 1. The minimum absolute atomic E-state index is 0.00531. The topological polar surface area (TPSA) is 53.3 Å². The zero-order valence-corrected chi connectivity index (χ0v) is 17.0. The molecule has 2 aromatic heterocycles. The Morgan fingerprint density at radius 3 is 2.43 bits per heavy atom. The smallest absolute Gasteiger partial charge is 0.174 e. The van der Waals surface area contributed by atoms with E-state index in [0.717, 1.165) is 16.9 Å². The third-order valence-corrected chi connectivity index (χ3v) is 5.37. The molecule has 3 heterocycles. The summed E-state index contributed by atoms with van der Waals surface area (Å²) in [5.74, 6) is 0.235. The molecule has 0 aliphatic carbocycles. The Kier molecular flexibility index (Phi) is 4.59. The highest BCUT2D eigenvalue weighted by molar-refractivity contribution is 7.80. The lowest BCUT2D eigenvalue weighted by Gasteiger charge is -2.28. The minimum atomic E-state index is -0.0710. The van der Waals surface area contributed by atoms with Gasteiger partial charge in [0.25, 0.3) is 0 Å². The van der Waals surface area contributed by atoms with Crippen molar-refractivity contribution in [2.75, 3.05) is 4.90 Å². The van der Waals surface area contributed by atoms with E-state index in [1.165, 1.54) is 0 Å². The van der Waals surface area contributed by atoms with Crippen LogP contribution < -0.4 is 10.2 Å². The lowest BCUT2D eigenvalue weighted by Crippen LogP contribution is -2.29. The monoisotopic (exact) mass is 392 g/mol. The molecule has 0 spiro atoms. The van der Waals surface area contributed by atoms with Crippen LogP contribution in [0.4, 0.5) is 5.69 Å². The van der Waals surface area contributed by atoms with E-state index >= 15 is 0 Å². The van der Waals surface area contributed by atoms with Crippen LogP contribution in [0.15, 0.2) is 67.1 Å². The number of pyridine rings is 1. The highest BCUT2D eigenvalue weighted by atomic mass is 32.1. The molecule has 0 saturated carbocycles. The Balaban J connectivity index is 1.81. The number of thiocarbonyl (C=S) groups is 1. The SMILES string of the molecule is CC(C)(C)n1ccc(C2C(c3ccccn3)NC(=S)N2c2ccc(O)cc2)c1. The van der Waals surface area contributed by atoms with Gasteiger partial charge in [0.15, 0.2) is 5.11 Å². The molecular formula is C22H24N4OS. The van der Waals surface area contributed by atoms with Gasteiger partial charge >= 0.3 is 0 Å². The molecule has 1 fully saturated rings. The second kappa shape index (κ2) is 6.95. The van der Waals surface area contributed by atoms with Gasteiger partial charge in [-0.05, 0) is 81.0 Å². The van der Waals surface area contributed by atoms with Crippen LogP contribution in [-0.4, -0.2) is 19.8 Å². The van der Waals surface area contributed by atoms with Crippen molar-refractivity contribution in [3.05, 3.63) is 78.4 Å². The average molecular weight is 393 g/mol. The van der Waals surface area contributed by atoms with Gasteiger partial charge in [0.1, 0.15) is 5.75 Å². The highest BCUT2D eigenvalue weighted by Gasteiger charge is 2.41. The fourth-order valence-electron chi connectivity index (χ4n) is 3.59. The molecular weight excluding hydrogens is 368 g/mol. The molecule has 6 heteroatoms. The fourth-order valence-corrected chi connectivity index (χ4v) is 3.94. The number of rotatable bonds is 3. The summed E-state index contributed by atoms with van der Waals surface area (Å²) in [4.78, 5) is 6.68. The number of benzene rings is 1. The first kappa shape index (κ1) is 18.5. The standard InChI is InChI=1S/C22H24N4OS/c1-22(2,3)25-13-11-15(14-25)20-19(18-6-4-5-12-23-18)24-21(28)26(20)16-7-9-17(27)10-8-16/h4-14,19-20,27H,1-3H3,(H,24,28). The first-order valence-electron chi connectivity index (χ1n) is 9.33. The zero-order chi connectivity index (χ0) is 19.9. The number of phenols is 1.